The molecule has 0 atom stereocenters. The zero-order chi connectivity index (χ0) is 12.6. The molecule has 17 heavy (non-hydrogen) atoms. The van der Waals surface area contributed by atoms with E-state index in [1.54, 1.807) is 0 Å². The standard InChI is InChI=1S/C15H18ClN/c1-10(2)15-9-11(3)17(12(15)4)14-7-5-13(16)6-8-14/h5-10H,1-4H3. The largest absolute Gasteiger partial charge is 0.318 e. The molecule has 2 aromatic rings. The van der Waals surface area contributed by atoms with Crippen molar-refractivity contribution in [2.45, 2.75) is 33.6 Å². The van der Waals surface area contributed by atoms with Gasteiger partial charge in [-0.2, -0.15) is 0 Å². The highest BCUT2D eigenvalue weighted by molar-refractivity contribution is 6.30. The van der Waals surface area contributed by atoms with E-state index in [0.29, 0.717) is 5.92 Å². The fourth-order valence-corrected chi connectivity index (χ4v) is 2.49. The Morgan fingerprint density at radius 2 is 1.65 bits per heavy atom. The maximum atomic E-state index is 5.93. The second kappa shape index (κ2) is 4.58. The Morgan fingerprint density at radius 3 is 2.12 bits per heavy atom. The van der Waals surface area contributed by atoms with Crippen LogP contribution < -0.4 is 0 Å². The van der Waals surface area contributed by atoms with Gasteiger partial charge in [-0.1, -0.05) is 25.4 Å². The van der Waals surface area contributed by atoms with E-state index in [-0.39, 0.29) is 0 Å². The van der Waals surface area contributed by atoms with Gasteiger partial charge in [-0.3, -0.25) is 0 Å². The lowest BCUT2D eigenvalue weighted by molar-refractivity contribution is 0.844. The average molecular weight is 248 g/mol. The molecule has 0 aliphatic rings. The summed E-state index contributed by atoms with van der Waals surface area (Å²) in [5, 5.41) is 0.778. The van der Waals surface area contributed by atoms with Crippen LogP contribution in [-0.2, 0) is 0 Å². The van der Waals surface area contributed by atoms with Gasteiger partial charge >= 0.3 is 0 Å². The van der Waals surface area contributed by atoms with Crippen LogP contribution in [0, 0.1) is 13.8 Å². The van der Waals surface area contributed by atoms with Crippen molar-refractivity contribution in [1.82, 2.24) is 4.57 Å². The summed E-state index contributed by atoms with van der Waals surface area (Å²) in [6, 6.07) is 10.3. The summed E-state index contributed by atoms with van der Waals surface area (Å²) in [6.07, 6.45) is 0. The Kier molecular flexibility index (Phi) is 3.30. The van der Waals surface area contributed by atoms with Crippen LogP contribution in [0.25, 0.3) is 5.69 Å². The predicted octanol–water partition coefficient (Wildman–Crippen LogP) is 4.87. The van der Waals surface area contributed by atoms with Gasteiger partial charge in [0.2, 0.25) is 0 Å². The summed E-state index contributed by atoms with van der Waals surface area (Å²) in [4.78, 5) is 0. The minimum atomic E-state index is 0.558. The van der Waals surface area contributed by atoms with Crippen LogP contribution in [0.4, 0.5) is 0 Å². The predicted molar refractivity (Wildman–Crippen MR) is 74.3 cm³/mol. The van der Waals surface area contributed by atoms with E-state index in [1.165, 1.54) is 22.6 Å². The zero-order valence-electron chi connectivity index (χ0n) is 10.8. The van der Waals surface area contributed by atoms with Crippen molar-refractivity contribution in [3.05, 3.63) is 52.3 Å². The van der Waals surface area contributed by atoms with Crippen LogP contribution in [0.15, 0.2) is 30.3 Å². The van der Waals surface area contributed by atoms with Gasteiger partial charge in [0.15, 0.2) is 0 Å². The molecule has 0 saturated heterocycles. The van der Waals surface area contributed by atoms with Gasteiger partial charge < -0.3 is 4.57 Å². The highest BCUT2D eigenvalue weighted by Crippen LogP contribution is 2.26. The number of rotatable bonds is 2. The van der Waals surface area contributed by atoms with Crippen molar-refractivity contribution in [2.24, 2.45) is 0 Å². The number of hydrogen-bond acceptors (Lipinski definition) is 0. The SMILES string of the molecule is Cc1cc(C(C)C)c(C)n1-c1ccc(Cl)cc1. The zero-order valence-corrected chi connectivity index (χ0v) is 11.5. The Labute approximate surface area is 108 Å². The van der Waals surface area contributed by atoms with Crippen LogP contribution in [0.1, 0.15) is 36.7 Å². The molecule has 0 fully saturated rings. The van der Waals surface area contributed by atoms with Gasteiger partial charge in [0.1, 0.15) is 0 Å². The molecule has 0 unspecified atom stereocenters. The molecule has 0 saturated carbocycles. The summed E-state index contributed by atoms with van der Waals surface area (Å²) >= 11 is 5.93. The molecule has 2 heteroatoms. The maximum Gasteiger partial charge on any atom is 0.0456 e. The van der Waals surface area contributed by atoms with E-state index in [4.69, 9.17) is 11.6 Å². The number of hydrogen-bond donors (Lipinski definition) is 0. The lowest BCUT2D eigenvalue weighted by atomic mass is 10.0. The first-order chi connectivity index (χ1) is 8.00. The first-order valence-electron chi connectivity index (χ1n) is 5.95. The van der Waals surface area contributed by atoms with E-state index in [0.717, 1.165) is 5.02 Å². The van der Waals surface area contributed by atoms with Crippen LogP contribution in [0.5, 0.6) is 0 Å². The van der Waals surface area contributed by atoms with E-state index in [9.17, 15) is 0 Å². The highest BCUT2D eigenvalue weighted by Gasteiger charge is 2.12. The van der Waals surface area contributed by atoms with Crippen LogP contribution in [0.2, 0.25) is 5.02 Å². The lowest BCUT2D eigenvalue weighted by Gasteiger charge is -2.11. The maximum absolute atomic E-state index is 5.93. The quantitative estimate of drug-likeness (QED) is 0.714. The molecule has 1 aromatic heterocycles. The molecule has 0 N–H and O–H groups in total. The average Bonchev–Trinajstić information content (AvgIpc) is 2.56. The third-order valence-electron chi connectivity index (χ3n) is 3.18. The molecular weight excluding hydrogens is 230 g/mol. The number of nitrogens with zero attached hydrogens (tertiary/aromatic N) is 1. The Bertz CT molecular complexity index is 521. The molecule has 2 rings (SSSR count). The minimum absolute atomic E-state index is 0.558. The minimum Gasteiger partial charge on any atom is -0.318 e. The third kappa shape index (κ3) is 2.25. The first kappa shape index (κ1) is 12.3. The summed E-state index contributed by atoms with van der Waals surface area (Å²) in [7, 11) is 0. The van der Waals surface area contributed by atoms with Gasteiger partial charge in [-0.25, -0.2) is 0 Å². The number of aromatic nitrogens is 1. The molecule has 1 aromatic carbocycles. The van der Waals surface area contributed by atoms with Crippen LogP contribution in [0.3, 0.4) is 0 Å². The fraction of sp³-hybridized carbons (Fsp3) is 0.333. The summed E-state index contributed by atoms with van der Waals surface area (Å²) in [5.74, 6) is 0.558. The normalized spacial score (nSPS) is 11.2. The topological polar surface area (TPSA) is 4.93 Å². The smallest absolute Gasteiger partial charge is 0.0456 e. The fourth-order valence-electron chi connectivity index (χ4n) is 2.36. The van der Waals surface area contributed by atoms with Crippen molar-refractivity contribution in [3.63, 3.8) is 0 Å². The Hall–Kier alpha value is -1.21. The monoisotopic (exact) mass is 247 g/mol. The molecule has 90 valence electrons. The van der Waals surface area contributed by atoms with Crippen molar-refractivity contribution >= 4 is 11.6 Å². The van der Waals surface area contributed by atoms with E-state index >= 15 is 0 Å². The number of aryl methyl sites for hydroxylation is 1. The molecule has 0 amide bonds. The summed E-state index contributed by atoms with van der Waals surface area (Å²) < 4.78 is 2.28. The molecular formula is C15H18ClN. The Morgan fingerprint density at radius 1 is 1.06 bits per heavy atom. The number of halogens is 1. The lowest BCUT2D eigenvalue weighted by Crippen LogP contribution is -1.99. The van der Waals surface area contributed by atoms with Gasteiger partial charge in [0.25, 0.3) is 0 Å². The van der Waals surface area contributed by atoms with Gasteiger partial charge in [-0.15, -0.1) is 0 Å². The second-order valence-electron chi connectivity index (χ2n) is 4.79. The molecule has 0 aliphatic heterocycles. The van der Waals surface area contributed by atoms with Crippen molar-refractivity contribution in [2.75, 3.05) is 0 Å². The second-order valence-corrected chi connectivity index (χ2v) is 5.23. The molecule has 0 radical (unpaired) electrons. The van der Waals surface area contributed by atoms with E-state index in [2.05, 4.69) is 50.5 Å². The molecule has 0 aliphatic carbocycles. The van der Waals surface area contributed by atoms with Gasteiger partial charge in [0, 0.05) is 22.1 Å². The van der Waals surface area contributed by atoms with Gasteiger partial charge in [-0.05, 0) is 55.7 Å². The summed E-state index contributed by atoms with van der Waals surface area (Å²) in [5.41, 5.74) is 5.18. The van der Waals surface area contributed by atoms with E-state index < -0.39 is 0 Å². The molecule has 0 spiro atoms. The third-order valence-corrected chi connectivity index (χ3v) is 3.43. The Balaban J connectivity index is 2.56. The van der Waals surface area contributed by atoms with Gasteiger partial charge in [0.05, 0.1) is 0 Å². The van der Waals surface area contributed by atoms with Crippen molar-refractivity contribution in [3.8, 4) is 5.69 Å². The van der Waals surface area contributed by atoms with Crippen LogP contribution >= 0.6 is 11.6 Å². The molecule has 1 nitrogen and oxygen atoms in total. The van der Waals surface area contributed by atoms with Crippen molar-refractivity contribution in [1.29, 1.82) is 0 Å². The van der Waals surface area contributed by atoms with Crippen molar-refractivity contribution < 1.29 is 0 Å². The molecule has 1 heterocycles. The highest BCUT2D eigenvalue weighted by atomic mass is 35.5. The molecule has 0 bridgehead atoms. The summed E-state index contributed by atoms with van der Waals surface area (Å²) in [6.45, 7) is 8.78. The van der Waals surface area contributed by atoms with E-state index in [1.807, 2.05) is 12.1 Å². The number of benzene rings is 1. The first-order valence-corrected chi connectivity index (χ1v) is 6.33. The van der Waals surface area contributed by atoms with Crippen LogP contribution in [-0.4, -0.2) is 4.57 Å².